The summed E-state index contributed by atoms with van der Waals surface area (Å²) in [6.07, 6.45) is 1.25. The van der Waals surface area contributed by atoms with Gasteiger partial charge in [0.1, 0.15) is 12.5 Å². The van der Waals surface area contributed by atoms with Gasteiger partial charge in [-0.25, -0.2) is 27.1 Å². The van der Waals surface area contributed by atoms with Crippen molar-refractivity contribution in [3.63, 3.8) is 0 Å². The Kier molecular flexibility index (Phi) is 9.83. The van der Waals surface area contributed by atoms with E-state index in [0.29, 0.717) is 22.5 Å². The summed E-state index contributed by atoms with van der Waals surface area (Å²) in [5.41, 5.74) is 6.97. The molecule has 0 fully saturated rings. The summed E-state index contributed by atoms with van der Waals surface area (Å²) in [5.74, 6) is -1.36. The Morgan fingerprint density at radius 2 is 1.86 bits per heavy atom. The molecular weight excluding hydrogens is 479 g/mol. The van der Waals surface area contributed by atoms with E-state index in [4.69, 9.17) is 5.73 Å². The van der Waals surface area contributed by atoms with Crippen LogP contribution < -0.4 is 10.0 Å². The molecule has 1 aromatic heterocycles. The van der Waals surface area contributed by atoms with Crippen molar-refractivity contribution in [2.24, 2.45) is 5.73 Å². The number of nitrogens with two attached hydrogens (primary N) is 1. The van der Waals surface area contributed by atoms with Crippen LogP contribution in [0.2, 0.25) is 0 Å². The predicted octanol–water partition coefficient (Wildman–Crippen LogP) is 1.78. The van der Waals surface area contributed by atoms with Crippen molar-refractivity contribution < 1.29 is 32.6 Å². The van der Waals surface area contributed by atoms with Crippen LogP contribution in [0.5, 0.6) is 0 Å². The molecule has 2 atom stereocenters. The van der Waals surface area contributed by atoms with Crippen molar-refractivity contribution in [1.29, 1.82) is 0 Å². The highest BCUT2D eigenvalue weighted by Gasteiger charge is 2.22. The molecule has 192 valence electrons. The van der Waals surface area contributed by atoms with Gasteiger partial charge in [0.05, 0.1) is 36.3 Å². The highest BCUT2D eigenvalue weighted by atomic mass is 32.2. The van der Waals surface area contributed by atoms with Gasteiger partial charge in [0.15, 0.2) is 0 Å². The van der Waals surface area contributed by atoms with E-state index in [1.54, 1.807) is 6.08 Å². The van der Waals surface area contributed by atoms with Gasteiger partial charge in [-0.3, -0.25) is 10.5 Å². The van der Waals surface area contributed by atoms with Crippen LogP contribution >= 0.6 is 0 Å². The molecule has 12 heteroatoms. The molecule has 2 aromatic rings. The fourth-order valence-corrected chi connectivity index (χ4v) is 3.57. The number of halogens is 1. The summed E-state index contributed by atoms with van der Waals surface area (Å²) >= 11 is 0. The molecule has 1 aromatic carbocycles. The summed E-state index contributed by atoms with van der Waals surface area (Å²) in [6.45, 7) is 3.42. The zero-order chi connectivity index (χ0) is 26.3. The summed E-state index contributed by atoms with van der Waals surface area (Å²) in [4.78, 5) is 20.4. The molecular formula is C23H31FN4O6S. The van der Waals surface area contributed by atoms with Gasteiger partial charge in [0.25, 0.3) is 0 Å². The largest absolute Gasteiger partial charge is 0.450 e. The number of carbonyl (C=O) groups is 1. The molecule has 4 N–H and O–H groups in total. The Morgan fingerprint density at radius 1 is 1.23 bits per heavy atom. The van der Waals surface area contributed by atoms with Crippen LogP contribution in [-0.2, 0) is 19.6 Å². The first-order chi connectivity index (χ1) is 16.3. The van der Waals surface area contributed by atoms with Crippen molar-refractivity contribution in [3.05, 3.63) is 47.4 Å². The Morgan fingerprint density at radius 3 is 2.40 bits per heavy atom. The molecule has 0 aliphatic heterocycles. The van der Waals surface area contributed by atoms with Crippen molar-refractivity contribution in [2.45, 2.75) is 44.8 Å². The summed E-state index contributed by atoms with van der Waals surface area (Å²) in [5, 5.41) is 20.4. The van der Waals surface area contributed by atoms with Crippen LogP contribution in [-0.4, -0.2) is 66.8 Å². The number of esters is 1. The zero-order valence-electron chi connectivity index (χ0n) is 20.1. The number of anilines is 1. The second-order valence-electron chi connectivity index (χ2n) is 8.27. The number of hydrogen-bond acceptors (Lipinski definition) is 9. The van der Waals surface area contributed by atoms with Crippen LogP contribution in [0.15, 0.2) is 30.3 Å². The molecule has 0 amide bonds. The van der Waals surface area contributed by atoms with Crippen molar-refractivity contribution in [1.82, 2.24) is 9.97 Å². The highest BCUT2D eigenvalue weighted by molar-refractivity contribution is 7.92. The Balaban J connectivity index is 2.51. The fourth-order valence-electron chi connectivity index (χ4n) is 3.19. The SMILES string of the molecule is CC(C)c1nc(N(C)S(C)(=O)=O)nc(-c2ccc(F)cc2)c1/C=C/[C@@H](O)C[C@@H](O)CC(=O)OCN. The molecule has 0 aliphatic rings. The van der Waals surface area contributed by atoms with E-state index in [9.17, 15) is 27.8 Å². The zero-order valence-corrected chi connectivity index (χ0v) is 20.9. The number of aliphatic hydroxyl groups excluding tert-OH is 2. The van der Waals surface area contributed by atoms with Gasteiger partial charge < -0.3 is 14.9 Å². The maximum absolute atomic E-state index is 13.6. The number of aromatic nitrogens is 2. The number of hydrogen-bond donors (Lipinski definition) is 3. The minimum absolute atomic E-state index is 0.0536. The smallest absolute Gasteiger partial charge is 0.309 e. The molecule has 0 spiro atoms. The van der Waals surface area contributed by atoms with Crippen LogP contribution in [0.4, 0.5) is 10.3 Å². The summed E-state index contributed by atoms with van der Waals surface area (Å²) < 4.78 is 43.3. The maximum Gasteiger partial charge on any atom is 0.309 e. The van der Waals surface area contributed by atoms with Crippen LogP contribution in [0.1, 0.15) is 43.9 Å². The van der Waals surface area contributed by atoms with E-state index >= 15 is 0 Å². The number of rotatable bonds is 11. The average molecular weight is 511 g/mol. The monoisotopic (exact) mass is 510 g/mol. The Hall–Kier alpha value is -2.93. The van der Waals surface area contributed by atoms with Crippen LogP contribution in [0.25, 0.3) is 17.3 Å². The maximum atomic E-state index is 13.6. The second-order valence-corrected chi connectivity index (χ2v) is 10.3. The minimum Gasteiger partial charge on any atom is -0.450 e. The van der Waals surface area contributed by atoms with E-state index in [0.717, 1.165) is 10.6 Å². The van der Waals surface area contributed by atoms with Gasteiger partial charge >= 0.3 is 5.97 Å². The van der Waals surface area contributed by atoms with Gasteiger partial charge in [-0.15, -0.1) is 0 Å². The van der Waals surface area contributed by atoms with E-state index in [1.165, 1.54) is 37.4 Å². The number of carbonyl (C=O) groups excluding carboxylic acids is 1. The van der Waals surface area contributed by atoms with Gasteiger partial charge in [0.2, 0.25) is 16.0 Å². The molecule has 10 nitrogen and oxygen atoms in total. The molecule has 0 radical (unpaired) electrons. The highest BCUT2D eigenvalue weighted by Crippen LogP contribution is 2.31. The molecule has 0 saturated carbocycles. The van der Waals surface area contributed by atoms with Gasteiger partial charge in [0, 0.05) is 24.6 Å². The average Bonchev–Trinajstić information content (AvgIpc) is 2.76. The molecule has 35 heavy (non-hydrogen) atoms. The van der Waals surface area contributed by atoms with Crippen LogP contribution in [0.3, 0.4) is 0 Å². The number of aliphatic hydroxyl groups is 2. The standard InChI is InChI=1S/C23H31FN4O6S/c1-14(2)21-19(10-9-17(29)11-18(30)12-20(31)34-13-25)22(15-5-7-16(24)8-6-15)27-23(26-21)28(3)35(4,32)33/h5-10,14,17-18,29-30H,11-13,25H2,1-4H3/b10-9+/t17-,18-/m1/s1. The minimum atomic E-state index is -3.65. The Labute approximate surface area is 204 Å². The number of nitrogens with zero attached hydrogens (tertiary/aromatic N) is 3. The van der Waals surface area contributed by atoms with E-state index in [-0.39, 0.29) is 31.4 Å². The predicted molar refractivity (Wildman–Crippen MR) is 130 cm³/mol. The lowest BCUT2D eigenvalue weighted by Crippen LogP contribution is -2.27. The van der Waals surface area contributed by atoms with Crippen LogP contribution in [0, 0.1) is 5.82 Å². The number of benzene rings is 1. The van der Waals surface area contributed by atoms with Gasteiger partial charge in [-0.1, -0.05) is 26.0 Å². The molecule has 2 rings (SSSR count). The van der Waals surface area contributed by atoms with Gasteiger partial charge in [-0.05, 0) is 30.2 Å². The number of ether oxygens (including phenoxy) is 1. The third-order valence-electron chi connectivity index (χ3n) is 5.05. The third kappa shape index (κ3) is 8.06. The van der Waals surface area contributed by atoms with Gasteiger partial charge in [-0.2, -0.15) is 0 Å². The van der Waals surface area contributed by atoms with Crippen molar-refractivity contribution >= 4 is 28.0 Å². The third-order valence-corrected chi connectivity index (χ3v) is 6.21. The normalized spacial score (nSPS) is 13.7. The quantitative estimate of drug-likeness (QED) is 0.303. The van der Waals surface area contributed by atoms with Crippen molar-refractivity contribution in [2.75, 3.05) is 24.3 Å². The second kappa shape index (κ2) is 12.2. The molecule has 0 aliphatic carbocycles. The van der Waals surface area contributed by atoms with E-state index in [1.807, 2.05) is 13.8 Å². The lowest BCUT2D eigenvalue weighted by atomic mass is 9.97. The lowest BCUT2D eigenvalue weighted by Gasteiger charge is -2.20. The summed E-state index contributed by atoms with van der Waals surface area (Å²) in [7, 11) is -2.32. The molecule has 0 unspecified atom stereocenters. The molecule has 0 saturated heterocycles. The number of sulfonamides is 1. The first-order valence-electron chi connectivity index (χ1n) is 10.8. The lowest BCUT2D eigenvalue weighted by molar-refractivity contribution is -0.145. The topological polar surface area (TPSA) is 156 Å². The summed E-state index contributed by atoms with van der Waals surface area (Å²) in [6, 6.07) is 5.52. The fraction of sp³-hybridized carbons (Fsp3) is 0.435. The molecule has 1 heterocycles. The first-order valence-corrected chi connectivity index (χ1v) is 12.7. The molecule has 0 bridgehead atoms. The van der Waals surface area contributed by atoms with E-state index < -0.39 is 34.0 Å². The Bertz CT molecular complexity index is 1160. The van der Waals surface area contributed by atoms with Crippen molar-refractivity contribution in [3.8, 4) is 11.3 Å². The van der Waals surface area contributed by atoms with E-state index in [2.05, 4.69) is 14.7 Å². The first kappa shape index (κ1) is 28.3.